The van der Waals surface area contributed by atoms with Gasteiger partial charge in [0, 0.05) is 13.2 Å². The van der Waals surface area contributed by atoms with Gasteiger partial charge in [-0.15, -0.1) is 0 Å². The Balaban J connectivity index is 2.42. The Hall–Kier alpha value is -3.18. The first kappa shape index (κ1) is 21.1. The van der Waals surface area contributed by atoms with Crippen molar-refractivity contribution in [1.29, 1.82) is 0 Å². The maximum absolute atomic E-state index is 12.8. The third-order valence-electron chi connectivity index (χ3n) is 3.39. The van der Waals surface area contributed by atoms with Crippen molar-refractivity contribution in [1.82, 2.24) is 19.9 Å². The van der Waals surface area contributed by atoms with E-state index in [1.165, 1.54) is 0 Å². The van der Waals surface area contributed by atoms with Crippen molar-refractivity contribution in [2.24, 2.45) is 7.05 Å². The van der Waals surface area contributed by atoms with Crippen LogP contribution < -0.4 is 10.9 Å². The summed E-state index contributed by atoms with van der Waals surface area (Å²) in [5.41, 5.74) is -3.16. The normalized spacial score (nSPS) is 12.1. The molecule has 0 fully saturated rings. The molecule has 0 aliphatic carbocycles. The third-order valence-corrected chi connectivity index (χ3v) is 3.39. The van der Waals surface area contributed by atoms with Crippen molar-refractivity contribution < 1.29 is 32.6 Å². The summed E-state index contributed by atoms with van der Waals surface area (Å²) in [4.78, 5) is 42.6. The van der Waals surface area contributed by atoms with E-state index in [-0.39, 0.29) is 5.39 Å². The minimum absolute atomic E-state index is 0.336. The molecule has 12 heteroatoms. The van der Waals surface area contributed by atoms with E-state index in [1.54, 1.807) is 20.8 Å². The number of hydrogen-bond acceptors (Lipinski definition) is 7. The number of alkyl halides is 3. The molecule has 0 radical (unpaired) electrons. The molecule has 0 atom stereocenters. The second kappa shape index (κ2) is 7.09. The van der Waals surface area contributed by atoms with Gasteiger partial charge in [-0.05, 0) is 20.8 Å². The molecule has 152 valence electrons. The standard InChI is InChI=1S/C16H17F3N4O5/c1-15(2,3)28-8(24)6-20-12(26)9-10(25)7-5-21-14(16(17,18)19)22-11(7)23(4)13(9)27/h5,25H,6H2,1-4H3,(H,20,26). The fraction of sp³-hybridized carbons (Fsp3) is 0.438. The van der Waals surface area contributed by atoms with Gasteiger partial charge in [0.05, 0.1) is 5.39 Å². The summed E-state index contributed by atoms with van der Waals surface area (Å²) < 4.78 is 44.0. The van der Waals surface area contributed by atoms with Crippen molar-refractivity contribution in [2.75, 3.05) is 6.54 Å². The van der Waals surface area contributed by atoms with Crippen molar-refractivity contribution in [2.45, 2.75) is 32.5 Å². The van der Waals surface area contributed by atoms with Gasteiger partial charge >= 0.3 is 12.1 Å². The van der Waals surface area contributed by atoms with E-state index in [1.807, 2.05) is 0 Å². The van der Waals surface area contributed by atoms with Gasteiger partial charge in [0.1, 0.15) is 29.1 Å². The Labute approximate surface area is 156 Å². The summed E-state index contributed by atoms with van der Waals surface area (Å²) in [5.74, 6) is -4.29. The zero-order valence-corrected chi connectivity index (χ0v) is 15.3. The molecule has 0 aliphatic rings. The van der Waals surface area contributed by atoms with Crippen LogP contribution in [0.3, 0.4) is 0 Å². The van der Waals surface area contributed by atoms with Crippen LogP contribution in [0.1, 0.15) is 37.0 Å². The molecule has 0 aromatic carbocycles. The number of esters is 1. The highest BCUT2D eigenvalue weighted by Crippen LogP contribution is 2.29. The zero-order valence-electron chi connectivity index (χ0n) is 15.3. The largest absolute Gasteiger partial charge is 0.506 e. The number of aromatic hydroxyl groups is 1. The maximum atomic E-state index is 12.8. The fourth-order valence-corrected chi connectivity index (χ4v) is 2.26. The number of nitrogens with zero attached hydrogens (tertiary/aromatic N) is 3. The molecule has 2 N–H and O–H groups in total. The van der Waals surface area contributed by atoms with Gasteiger partial charge in [-0.3, -0.25) is 19.0 Å². The van der Waals surface area contributed by atoms with Crippen LogP contribution in [0.2, 0.25) is 0 Å². The summed E-state index contributed by atoms with van der Waals surface area (Å²) in [7, 11) is 1.09. The Kier molecular flexibility index (Phi) is 5.35. The molecule has 2 rings (SSSR count). The molecule has 0 bridgehead atoms. The van der Waals surface area contributed by atoms with Crippen molar-refractivity contribution in [3.05, 3.63) is 27.9 Å². The molecule has 0 saturated carbocycles. The van der Waals surface area contributed by atoms with Crippen LogP contribution in [0.15, 0.2) is 11.0 Å². The molecule has 1 amide bonds. The minimum atomic E-state index is -4.86. The molecular weight excluding hydrogens is 385 g/mol. The van der Waals surface area contributed by atoms with Crippen molar-refractivity contribution in [3.8, 4) is 5.75 Å². The molecule has 0 unspecified atom stereocenters. The van der Waals surface area contributed by atoms with Crippen LogP contribution in [0.4, 0.5) is 13.2 Å². The van der Waals surface area contributed by atoms with Crippen LogP contribution in [0.25, 0.3) is 11.0 Å². The molecule has 28 heavy (non-hydrogen) atoms. The average Bonchev–Trinajstić information content (AvgIpc) is 2.55. The van der Waals surface area contributed by atoms with Crippen LogP contribution >= 0.6 is 0 Å². The summed E-state index contributed by atoms with van der Waals surface area (Å²) in [6.07, 6.45) is -4.20. The minimum Gasteiger partial charge on any atom is -0.506 e. The zero-order chi connectivity index (χ0) is 21.4. The number of nitrogens with one attached hydrogen (secondary N) is 1. The first-order valence-corrected chi connectivity index (χ1v) is 7.88. The summed E-state index contributed by atoms with van der Waals surface area (Å²) in [5, 5.41) is 12.0. The Morgan fingerprint density at radius 2 is 1.89 bits per heavy atom. The van der Waals surface area contributed by atoms with E-state index in [2.05, 4.69) is 15.3 Å². The van der Waals surface area contributed by atoms with Gasteiger partial charge < -0.3 is 15.2 Å². The van der Waals surface area contributed by atoms with Crippen LogP contribution in [0, 0.1) is 0 Å². The molecular formula is C16H17F3N4O5. The third kappa shape index (κ3) is 4.38. The lowest BCUT2D eigenvalue weighted by atomic mass is 10.1. The molecule has 2 heterocycles. The molecule has 0 spiro atoms. The predicted octanol–water partition coefficient (Wildman–Crippen LogP) is 1.12. The highest BCUT2D eigenvalue weighted by Gasteiger charge is 2.35. The fourth-order valence-electron chi connectivity index (χ4n) is 2.26. The number of rotatable bonds is 3. The van der Waals surface area contributed by atoms with Gasteiger partial charge in [-0.1, -0.05) is 0 Å². The van der Waals surface area contributed by atoms with E-state index in [0.29, 0.717) is 10.8 Å². The van der Waals surface area contributed by atoms with E-state index in [0.717, 1.165) is 7.05 Å². The van der Waals surface area contributed by atoms with E-state index in [9.17, 15) is 32.7 Å². The van der Waals surface area contributed by atoms with E-state index in [4.69, 9.17) is 4.74 Å². The lowest BCUT2D eigenvalue weighted by Gasteiger charge is -2.19. The summed E-state index contributed by atoms with van der Waals surface area (Å²) >= 11 is 0. The van der Waals surface area contributed by atoms with E-state index < -0.39 is 58.5 Å². The second-order valence-corrected chi connectivity index (χ2v) is 6.79. The van der Waals surface area contributed by atoms with Gasteiger partial charge in [-0.25, -0.2) is 9.97 Å². The molecule has 0 saturated heterocycles. The lowest BCUT2D eigenvalue weighted by molar-refractivity contribution is -0.153. The van der Waals surface area contributed by atoms with Gasteiger partial charge in [-0.2, -0.15) is 13.2 Å². The second-order valence-electron chi connectivity index (χ2n) is 6.79. The van der Waals surface area contributed by atoms with Gasteiger partial charge in [0.25, 0.3) is 11.5 Å². The Morgan fingerprint density at radius 3 is 2.43 bits per heavy atom. The monoisotopic (exact) mass is 402 g/mol. The molecule has 2 aromatic heterocycles. The number of aryl methyl sites for hydroxylation is 1. The topological polar surface area (TPSA) is 123 Å². The average molecular weight is 402 g/mol. The predicted molar refractivity (Wildman–Crippen MR) is 89.6 cm³/mol. The highest BCUT2D eigenvalue weighted by molar-refractivity contribution is 6.02. The van der Waals surface area contributed by atoms with E-state index >= 15 is 0 Å². The number of carbonyl (C=O) groups is 2. The first-order valence-electron chi connectivity index (χ1n) is 7.88. The molecule has 0 aliphatic heterocycles. The van der Waals surface area contributed by atoms with Gasteiger partial charge in [0.2, 0.25) is 5.82 Å². The number of fused-ring (bicyclic) bond motifs is 1. The number of pyridine rings is 1. The first-order chi connectivity index (χ1) is 12.7. The Morgan fingerprint density at radius 1 is 1.29 bits per heavy atom. The SMILES string of the molecule is Cn1c(=O)c(C(=O)NCC(=O)OC(C)(C)C)c(O)c2cnc(C(F)(F)F)nc21. The summed E-state index contributed by atoms with van der Waals surface area (Å²) in [6, 6.07) is 0. The lowest BCUT2D eigenvalue weighted by Crippen LogP contribution is -2.38. The quantitative estimate of drug-likeness (QED) is 0.738. The molecule has 2 aromatic rings. The number of ether oxygens (including phenoxy) is 1. The van der Waals surface area contributed by atoms with Crippen molar-refractivity contribution in [3.63, 3.8) is 0 Å². The number of hydrogen-bond donors (Lipinski definition) is 2. The smallest absolute Gasteiger partial charge is 0.451 e. The number of aromatic nitrogens is 3. The van der Waals surface area contributed by atoms with Crippen LogP contribution in [0.5, 0.6) is 5.75 Å². The number of amides is 1. The maximum Gasteiger partial charge on any atom is 0.451 e. The summed E-state index contributed by atoms with van der Waals surface area (Å²) in [6.45, 7) is 4.27. The van der Waals surface area contributed by atoms with Crippen LogP contribution in [-0.2, 0) is 22.8 Å². The molecule has 9 nitrogen and oxygen atoms in total. The van der Waals surface area contributed by atoms with Crippen molar-refractivity contribution >= 4 is 22.9 Å². The number of carbonyl (C=O) groups excluding carboxylic acids is 2. The number of halogens is 3. The highest BCUT2D eigenvalue weighted by atomic mass is 19.4. The Bertz CT molecular complexity index is 1010. The van der Waals surface area contributed by atoms with Crippen LogP contribution in [-0.4, -0.2) is 43.7 Å². The van der Waals surface area contributed by atoms with Gasteiger partial charge in [0.15, 0.2) is 0 Å².